The molecule has 0 atom stereocenters. The minimum Gasteiger partial charge on any atom is -0.497 e. The number of methoxy groups -OCH3 is 1. The van der Waals surface area contributed by atoms with Crippen molar-refractivity contribution >= 4 is 39.9 Å². The van der Waals surface area contributed by atoms with Gasteiger partial charge in [0.1, 0.15) is 5.75 Å². The molecule has 0 spiro atoms. The minimum absolute atomic E-state index is 0. The second-order valence-electron chi connectivity index (χ2n) is 7.88. The summed E-state index contributed by atoms with van der Waals surface area (Å²) >= 11 is 0. The molecule has 2 aromatic carbocycles. The third-order valence-corrected chi connectivity index (χ3v) is 5.75. The lowest BCUT2D eigenvalue weighted by molar-refractivity contribution is 0.221. The molecule has 0 aliphatic carbocycles. The van der Waals surface area contributed by atoms with Gasteiger partial charge in [-0.15, -0.1) is 17.0 Å². The number of hydrogen-bond donors (Lipinski definition) is 0. The molecule has 3 aromatic rings. The Kier molecular flexibility index (Phi) is 8.43. The Bertz CT molecular complexity index is 1070. The SMILES string of the molecule is Br.COc1ccc(C=Cc2ccc3c(=O)n(CCCN4CCCCC4)ncc3c2)cc1. The first-order valence-corrected chi connectivity index (χ1v) is 10.8. The van der Waals surface area contributed by atoms with Crippen LogP contribution in [0.5, 0.6) is 5.75 Å². The molecule has 1 fully saturated rings. The smallest absolute Gasteiger partial charge is 0.274 e. The zero-order valence-electron chi connectivity index (χ0n) is 18.0. The topological polar surface area (TPSA) is 47.4 Å². The Morgan fingerprint density at radius 1 is 0.968 bits per heavy atom. The predicted molar refractivity (Wildman–Crippen MR) is 133 cm³/mol. The average molecular weight is 484 g/mol. The highest BCUT2D eigenvalue weighted by molar-refractivity contribution is 8.93. The predicted octanol–water partition coefficient (Wildman–Crippen LogP) is 5.03. The maximum Gasteiger partial charge on any atom is 0.274 e. The zero-order chi connectivity index (χ0) is 20.8. The molecule has 0 amide bonds. The Morgan fingerprint density at radius 2 is 1.68 bits per heavy atom. The van der Waals surface area contributed by atoms with Crippen LogP contribution in [-0.4, -0.2) is 41.4 Å². The fourth-order valence-corrected chi connectivity index (χ4v) is 4.00. The van der Waals surface area contributed by atoms with Crippen LogP contribution in [0.4, 0.5) is 0 Å². The van der Waals surface area contributed by atoms with Gasteiger partial charge in [-0.3, -0.25) is 4.79 Å². The normalized spacial score (nSPS) is 14.6. The quantitative estimate of drug-likeness (QED) is 0.442. The first-order valence-electron chi connectivity index (χ1n) is 10.8. The molecule has 0 radical (unpaired) electrons. The summed E-state index contributed by atoms with van der Waals surface area (Å²) in [4.78, 5) is 15.3. The third-order valence-electron chi connectivity index (χ3n) is 5.75. The summed E-state index contributed by atoms with van der Waals surface area (Å²) in [5.74, 6) is 0.844. The number of ether oxygens (including phenoxy) is 1. The molecule has 5 nitrogen and oxygen atoms in total. The number of rotatable bonds is 7. The molecular formula is C25H30BrN3O2. The molecule has 1 aliphatic heterocycles. The van der Waals surface area contributed by atoms with Crippen molar-refractivity contribution in [1.82, 2.24) is 14.7 Å². The summed E-state index contributed by atoms with van der Waals surface area (Å²) < 4.78 is 6.80. The number of aryl methyl sites for hydroxylation is 1. The highest BCUT2D eigenvalue weighted by atomic mass is 79.9. The fraction of sp³-hybridized carbons (Fsp3) is 0.360. The van der Waals surface area contributed by atoms with E-state index in [0.29, 0.717) is 6.54 Å². The van der Waals surface area contributed by atoms with Gasteiger partial charge in [0.05, 0.1) is 18.7 Å². The van der Waals surface area contributed by atoms with E-state index < -0.39 is 0 Å². The van der Waals surface area contributed by atoms with Crippen molar-refractivity contribution in [3.63, 3.8) is 0 Å². The van der Waals surface area contributed by atoms with E-state index in [9.17, 15) is 4.79 Å². The first-order chi connectivity index (χ1) is 14.7. The van der Waals surface area contributed by atoms with Crippen molar-refractivity contribution in [3.8, 4) is 5.75 Å². The third kappa shape index (κ3) is 6.05. The van der Waals surface area contributed by atoms with Crippen LogP contribution in [-0.2, 0) is 6.54 Å². The van der Waals surface area contributed by atoms with Crippen molar-refractivity contribution in [2.45, 2.75) is 32.2 Å². The largest absolute Gasteiger partial charge is 0.497 e. The molecule has 0 unspecified atom stereocenters. The molecule has 2 heterocycles. The van der Waals surface area contributed by atoms with E-state index in [4.69, 9.17) is 4.74 Å². The van der Waals surface area contributed by atoms with Crippen LogP contribution in [0.3, 0.4) is 0 Å². The van der Waals surface area contributed by atoms with E-state index >= 15 is 0 Å². The molecule has 4 rings (SSSR count). The summed E-state index contributed by atoms with van der Waals surface area (Å²) in [6, 6.07) is 13.8. The highest BCUT2D eigenvalue weighted by Crippen LogP contribution is 2.17. The molecule has 1 aromatic heterocycles. The number of halogens is 1. The summed E-state index contributed by atoms with van der Waals surface area (Å²) in [6.07, 6.45) is 10.8. The number of benzene rings is 2. The van der Waals surface area contributed by atoms with Gasteiger partial charge in [-0.05, 0) is 74.3 Å². The summed E-state index contributed by atoms with van der Waals surface area (Å²) in [5, 5.41) is 6.02. The summed E-state index contributed by atoms with van der Waals surface area (Å²) in [7, 11) is 1.66. The lowest BCUT2D eigenvalue weighted by Gasteiger charge is -2.26. The van der Waals surface area contributed by atoms with Gasteiger partial charge in [0.15, 0.2) is 0 Å². The van der Waals surface area contributed by atoms with Gasteiger partial charge in [0.25, 0.3) is 5.56 Å². The number of aromatic nitrogens is 2. The van der Waals surface area contributed by atoms with Crippen molar-refractivity contribution in [3.05, 3.63) is 70.1 Å². The van der Waals surface area contributed by atoms with Gasteiger partial charge in [0.2, 0.25) is 0 Å². The van der Waals surface area contributed by atoms with Crippen molar-refractivity contribution in [2.75, 3.05) is 26.7 Å². The molecule has 164 valence electrons. The number of hydrogen-bond acceptors (Lipinski definition) is 4. The van der Waals surface area contributed by atoms with Gasteiger partial charge in [-0.1, -0.05) is 36.8 Å². The molecular weight excluding hydrogens is 454 g/mol. The standard InChI is InChI=1S/C25H29N3O2.BrH/c1-30-23-11-8-20(9-12-23)6-7-21-10-13-24-22(18-21)19-26-28(25(24)29)17-5-16-27-14-3-2-4-15-27;/h6-13,18-19H,2-5,14-17H2,1H3;1H. The maximum atomic E-state index is 12.8. The van der Waals surface area contributed by atoms with Gasteiger partial charge in [-0.2, -0.15) is 5.10 Å². The molecule has 0 N–H and O–H groups in total. The van der Waals surface area contributed by atoms with Gasteiger partial charge in [-0.25, -0.2) is 4.68 Å². The molecule has 1 aliphatic rings. The van der Waals surface area contributed by atoms with Crippen molar-refractivity contribution in [1.29, 1.82) is 0 Å². The Labute approximate surface area is 194 Å². The fourth-order valence-electron chi connectivity index (χ4n) is 4.00. The number of piperidine rings is 1. The molecule has 31 heavy (non-hydrogen) atoms. The van der Waals surface area contributed by atoms with Crippen LogP contribution in [0, 0.1) is 0 Å². The van der Waals surface area contributed by atoms with Crippen LogP contribution in [0.1, 0.15) is 36.8 Å². The number of fused-ring (bicyclic) bond motifs is 1. The van der Waals surface area contributed by atoms with E-state index in [2.05, 4.69) is 16.1 Å². The van der Waals surface area contributed by atoms with Crippen molar-refractivity contribution in [2.24, 2.45) is 0 Å². The van der Waals surface area contributed by atoms with Gasteiger partial charge in [0, 0.05) is 11.9 Å². The monoisotopic (exact) mass is 483 g/mol. The zero-order valence-corrected chi connectivity index (χ0v) is 19.7. The maximum absolute atomic E-state index is 12.8. The lowest BCUT2D eigenvalue weighted by Crippen LogP contribution is -2.32. The lowest BCUT2D eigenvalue weighted by atomic mass is 10.1. The highest BCUT2D eigenvalue weighted by Gasteiger charge is 2.10. The van der Waals surface area contributed by atoms with Crippen LogP contribution in [0.25, 0.3) is 22.9 Å². The Balaban J connectivity index is 0.00000272. The van der Waals surface area contributed by atoms with E-state index in [-0.39, 0.29) is 22.5 Å². The van der Waals surface area contributed by atoms with Gasteiger partial charge >= 0.3 is 0 Å². The second-order valence-corrected chi connectivity index (χ2v) is 7.88. The molecule has 6 heteroatoms. The summed E-state index contributed by atoms with van der Waals surface area (Å²) in [5.41, 5.74) is 2.14. The van der Waals surface area contributed by atoms with E-state index in [1.807, 2.05) is 54.7 Å². The van der Waals surface area contributed by atoms with Crippen LogP contribution < -0.4 is 10.3 Å². The van der Waals surface area contributed by atoms with E-state index in [1.165, 1.54) is 32.4 Å². The van der Waals surface area contributed by atoms with E-state index in [1.54, 1.807) is 11.8 Å². The van der Waals surface area contributed by atoms with E-state index in [0.717, 1.165) is 40.6 Å². The minimum atomic E-state index is -0.00294. The molecule has 0 saturated carbocycles. The van der Waals surface area contributed by atoms with Crippen LogP contribution in [0.15, 0.2) is 53.5 Å². The first kappa shape index (κ1) is 23.2. The average Bonchev–Trinajstić information content (AvgIpc) is 2.80. The Hall–Kier alpha value is -2.44. The van der Waals surface area contributed by atoms with Crippen molar-refractivity contribution < 1.29 is 4.74 Å². The van der Waals surface area contributed by atoms with Crippen LogP contribution >= 0.6 is 17.0 Å². The van der Waals surface area contributed by atoms with Crippen LogP contribution in [0.2, 0.25) is 0 Å². The van der Waals surface area contributed by atoms with Gasteiger partial charge < -0.3 is 9.64 Å². The summed E-state index contributed by atoms with van der Waals surface area (Å²) in [6.45, 7) is 4.09. The molecule has 0 bridgehead atoms. The molecule has 1 saturated heterocycles. The second kappa shape index (κ2) is 11.3. The Morgan fingerprint density at radius 3 is 2.42 bits per heavy atom. The number of likely N-dealkylation sites (tertiary alicyclic amines) is 1. The number of nitrogens with zero attached hydrogens (tertiary/aromatic N) is 3.